The number of carbonyl (C=O) groups is 1. The van der Waals surface area contributed by atoms with E-state index in [1.54, 1.807) is 30.2 Å². The molecular weight excluding hydrogens is 304 g/mol. The number of benzene rings is 1. The topological polar surface area (TPSA) is 42.0 Å². The number of hydrogen-bond acceptors (Lipinski definition) is 3. The molecule has 0 saturated carbocycles. The van der Waals surface area contributed by atoms with E-state index in [0.717, 1.165) is 21.2 Å². The highest BCUT2D eigenvalue weighted by Gasteiger charge is 1.97. The summed E-state index contributed by atoms with van der Waals surface area (Å²) in [6.45, 7) is 0.618. The summed E-state index contributed by atoms with van der Waals surface area (Å²) in [5.74, 6) is 0.722. The molecule has 1 N–H and O–H groups in total. The van der Waals surface area contributed by atoms with Gasteiger partial charge in [0.05, 0.1) is 0 Å². The number of halogens is 1. The Hall–Kier alpha value is -1.78. The van der Waals surface area contributed by atoms with E-state index < -0.39 is 0 Å². The van der Waals surface area contributed by atoms with E-state index in [9.17, 15) is 4.79 Å². The zero-order chi connectivity index (χ0) is 14.9. The van der Waals surface area contributed by atoms with Gasteiger partial charge in [0.1, 0.15) is 0 Å². The summed E-state index contributed by atoms with van der Waals surface area (Å²) in [4.78, 5) is 16.7. The number of pyridine rings is 1. The first kappa shape index (κ1) is 15.6. The molecule has 0 radical (unpaired) electrons. The van der Waals surface area contributed by atoms with Crippen LogP contribution in [0.2, 0.25) is 5.02 Å². The van der Waals surface area contributed by atoms with E-state index in [4.69, 9.17) is 11.6 Å². The lowest BCUT2D eigenvalue weighted by Crippen LogP contribution is -2.23. The molecule has 21 heavy (non-hydrogen) atoms. The molecule has 0 aliphatic rings. The second-order valence-electron chi connectivity index (χ2n) is 4.21. The molecule has 0 unspecified atom stereocenters. The van der Waals surface area contributed by atoms with E-state index in [0.29, 0.717) is 6.54 Å². The quantitative estimate of drug-likeness (QED) is 0.502. The van der Waals surface area contributed by atoms with Crippen LogP contribution >= 0.6 is 23.4 Å². The maximum absolute atomic E-state index is 11.6. The van der Waals surface area contributed by atoms with Gasteiger partial charge in [-0.25, -0.2) is 0 Å². The summed E-state index contributed by atoms with van der Waals surface area (Å²) in [5.41, 5.74) is 0.954. The van der Waals surface area contributed by atoms with Crippen molar-refractivity contribution in [3.63, 3.8) is 0 Å². The van der Waals surface area contributed by atoms with E-state index in [1.807, 2.05) is 36.4 Å². The lowest BCUT2D eigenvalue weighted by molar-refractivity contribution is -0.116. The van der Waals surface area contributed by atoms with Crippen molar-refractivity contribution in [2.45, 2.75) is 4.90 Å². The first-order valence-electron chi connectivity index (χ1n) is 6.48. The molecule has 0 fully saturated rings. The molecule has 2 rings (SSSR count). The SMILES string of the molecule is O=C(/C=C/c1ccncc1)NCCSc1ccc(Cl)cc1. The van der Waals surface area contributed by atoms with Gasteiger partial charge in [-0.3, -0.25) is 9.78 Å². The fourth-order valence-electron chi connectivity index (χ4n) is 1.58. The molecule has 0 aliphatic heterocycles. The zero-order valence-electron chi connectivity index (χ0n) is 11.3. The minimum atomic E-state index is -0.0940. The number of aromatic nitrogens is 1. The van der Waals surface area contributed by atoms with Gasteiger partial charge in [0.25, 0.3) is 0 Å². The Labute approximate surface area is 133 Å². The van der Waals surface area contributed by atoms with Gasteiger partial charge >= 0.3 is 0 Å². The number of nitrogens with one attached hydrogen (secondary N) is 1. The van der Waals surface area contributed by atoms with E-state index >= 15 is 0 Å². The number of amides is 1. The average Bonchev–Trinajstić information content (AvgIpc) is 2.52. The van der Waals surface area contributed by atoms with Gasteiger partial charge in [0.2, 0.25) is 5.91 Å². The maximum Gasteiger partial charge on any atom is 0.244 e. The van der Waals surface area contributed by atoms with E-state index in [1.165, 1.54) is 6.08 Å². The van der Waals surface area contributed by atoms with E-state index in [2.05, 4.69) is 10.3 Å². The zero-order valence-corrected chi connectivity index (χ0v) is 12.9. The lowest BCUT2D eigenvalue weighted by atomic mass is 10.2. The molecule has 1 aromatic heterocycles. The summed E-state index contributed by atoms with van der Waals surface area (Å²) in [7, 11) is 0. The van der Waals surface area contributed by atoms with Crippen LogP contribution in [0.1, 0.15) is 5.56 Å². The van der Waals surface area contributed by atoms with Crippen LogP contribution in [0.25, 0.3) is 6.08 Å². The van der Waals surface area contributed by atoms with E-state index in [-0.39, 0.29) is 5.91 Å². The molecule has 3 nitrogen and oxygen atoms in total. The fourth-order valence-corrected chi connectivity index (χ4v) is 2.47. The first-order valence-corrected chi connectivity index (χ1v) is 7.85. The summed E-state index contributed by atoms with van der Waals surface area (Å²) in [5, 5.41) is 3.58. The highest BCUT2D eigenvalue weighted by Crippen LogP contribution is 2.19. The number of rotatable bonds is 6. The number of carbonyl (C=O) groups excluding carboxylic acids is 1. The van der Waals surface area contributed by atoms with Gasteiger partial charge in [0.15, 0.2) is 0 Å². The summed E-state index contributed by atoms with van der Waals surface area (Å²) in [6.07, 6.45) is 6.69. The van der Waals surface area contributed by atoms with Crippen molar-refractivity contribution in [1.29, 1.82) is 0 Å². The molecule has 1 amide bonds. The van der Waals surface area contributed by atoms with Crippen molar-refractivity contribution >= 4 is 35.3 Å². The van der Waals surface area contributed by atoms with Crippen molar-refractivity contribution in [2.75, 3.05) is 12.3 Å². The third-order valence-electron chi connectivity index (χ3n) is 2.62. The van der Waals surface area contributed by atoms with Crippen LogP contribution in [-0.4, -0.2) is 23.2 Å². The molecule has 0 spiro atoms. The third kappa shape index (κ3) is 6.02. The maximum atomic E-state index is 11.6. The second kappa shape index (κ2) is 8.49. The Morgan fingerprint density at radius 2 is 1.90 bits per heavy atom. The Kier molecular flexibility index (Phi) is 6.31. The molecule has 2 aromatic rings. The van der Waals surface area contributed by atoms with Gasteiger partial charge in [-0.05, 0) is 48.0 Å². The van der Waals surface area contributed by atoms with Crippen molar-refractivity contribution in [3.8, 4) is 0 Å². The monoisotopic (exact) mass is 318 g/mol. The number of hydrogen-bond donors (Lipinski definition) is 1. The largest absolute Gasteiger partial charge is 0.352 e. The van der Waals surface area contributed by atoms with Crippen molar-refractivity contribution in [2.24, 2.45) is 0 Å². The molecule has 5 heteroatoms. The fraction of sp³-hybridized carbons (Fsp3) is 0.125. The average molecular weight is 319 g/mol. The van der Waals surface area contributed by atoms with Crippen LogP contribution in [0, 0.1) is 0 Å². The first-order chi connectivity index (χ1) is 10.2. The molecule has 1 heterocycles. The molecular formula is C16H15ClN2OS. The Morgan fingerprint density at radius 1 is 1.19 bits per heavy atom. The minimum absolute atomic E-state index is 0.0940. The third-order valence-corrected chi connectivity index (χ3v) is 3.88. The predicted octanol–water partition coefficient (Wildman–Crippen LogP) is 3.66. The van der Waals surface area contributed by atoms with Crippen LogP contribution < -0.4 is 5.32 Å². The Balaban J connectivity index is 1.67. The highest BCUT2D eigenvalue weighted by molar-refractivity contribution is 7.99. The standard InChI is InChI=1S/C16H15ClN2OS/c17-14-2-4-15(5-3-14)21-12-11-19-16(20)6-1-13-7-9-18-10-8-13/h1-10H,11-12H2,(H,19,20)/b6-1+. The molecule has 0 atom stereocenters. The van der Waals surface area contributed by atoms with Gasteiger partial charge < -0.3 is 5.32 Å². The smallest absolute Gasteiger partial charge is 0.244 e. The predicted molar refractivity (Wildman–Crippen MR) is 88.5 cm³/mol. The summed E-state index contributed by atoms with van der Waals surface area (Å²) < 4.78 is 0. The van der Waals surface area contributed by atoms with Crippen LogP contribution in [0.15, 0.2) is 59.8 Å². The Morgan fingerprint density at radius 3 is 2.62 bits per heavy atom. The number of nitrogens with zero attached hydrogens (tertiary/aromatic N) is 1. The summed E-state index contributed by atoms with van der Waals surface area (Å²) >= 11 is 7.50. The van der Waals surface area contributed by atoms with Gasteiger partial charge in [-0.1, -0.05) is 11.6 Å². The lowest BCUT2D eigenvalue weighted by Gasteiger charge is -2.03. The van der Waals surface area contributed by atoms with Crippen molar-refractivity contribution in [3.05, 3.63) is 65.5 Å². The van der Waals surface area contributed by atoms with Crippen LogP contribution in [0.4, 0.5) is 0 Å². The molecule has 0 saturated heterocycles. The minimum Gasteiger partial charge on any atom is -0.352 e. The molecule has 108 valence electrons. The van der Waals surface area contributed by atoms with Gasteiger partial charge in [0, 0.05) is 40.7 Å². The number of thioether (sulfide) groups is 1. The van der Waals surface area contributed by atoms with Crippen molar-refractivity contribution in [1.82, 2.24) is 10.3 Å². The Bertz CT molecular complexity index is 599. The molecule has 0 bridgehead atoms. The highest BCUT2D eigenvalue weighted by atomic mass is 35.5. The molecule has 0 aliphatic carbocycles. The summed E-state index contributed by atoms with van der Waals surface area (Å²) in [6, 6.07) is 11.4. The molecule has 1 aromatic carbocycles. The van der Waals surface area contributed by atoms with Crippen LogP contribution in [0.3, 0.4) is 0 Å². The van der Waals surface area contributed by atoms with Crippen molar-refractivity contribution < 1.29 is 4.79 Å². The normalized spacial score (nSPS) is 10.7. The second-order valence-corrected chi connectivity index (χ2v) is 5.81. The van der Waals surface area contributed by atoms with Gasteiger partial charge in [-0.2, -0.15) is 0 Å². The van der Waals surface area contributed by atoms with Crippen LogP contribution in [0.5, 0.6) is 0 Å². The van der Waals surface area contributed by atoms with Gasteiger partial charge in [-0.15, -0.1) is 11.8 Å². The van der Waals surface area contributed by atoms with Crippen LogP contribution in [-0.2, 0) is 4.79 Å².